The zero-order valence-corrected chi connectivity index (χ0v) is 11.9. The summed E-state index contributed by atoms with van der Waals surface area (Å²) in [5.41, 5.74) is 0. The van der Waals surface area contributed by atoms with E-state index >= 15 is 0 Å². The van der Waals surface area contributed by atoms with Gasteiger partial charge in [-0.25, -0.2) is 9.97 Å². The van der Waals surface area contributed by atoms with Crippen molar-refractivity contribution < 1.29 is 9.47 Å². The highest BCUT2D eigenvalue weighted by atomic mass is 35.5. The Labute approximate surface area is 117 Å². The van der Waals surface area contributed by atoms with Gasteiger partial charge in [0.25, 0.3) is 0 Å². The first kappa shape index (κ1) is 13.1. The summed E-state index contributed by atoms with van der Waals surface area (Å²) in [6.07, 6.45) is 2.36. The Morgan fingerprint density at radius 1 is 1.42 bits per heavy atom. The van der Waals surface area contributed by atoms with Gasteiger partial charge in [0.2, 0.25) is 0 Å². The van der Waals surface area contributed by atoms with Crippen molar-refractivity contribution in [1.82, 2.24) is 9.97 Å². The molecule has 2 fully saturated rings. The number of halogens is 1. The van der Waals surface area contributed by atoms with Crippen molar-refractivity contribution in [2.45, 2.75) is 44.5 Å². The monoisotopic (exact) mass is 283 g/mol. The smallest absolute Gasteiger partial charge is 0.163 e. The number of nitrogens with zero attached hydrogens (tertiary/aromatic N) is 2. The summed E-state index contributed by atoms with van der Waals surface area (Å²) in [4.78, 5) is 8.75. The average molecular weight is 284 g/mol. The second-order valence-corrected chi connectivity index (χ2v) is 5.93. The maximum absolute atomic E-state index is 6.02. The van der Waals surface area contributed by atoms with Crippen LogP contribution in [0.25, 0.3) is 0 Å². The minimum Gasteiger partial charge on any atom is -0.367 e. The predicted molar refractivity (Wildman–Crippen MR) is 72.4 cm³/mol. The molecule has 1 aliphatic heterocycles. The lowest BCUT2D eigenvalue weighted by molar-refractivity contribution is -0.136. The van der Waals surface area contributed by atoms with Gasteiger partial charge >= 0.3 is 0 Å². The van der Waals surface area contributed by atoms with Crippen molar-refractivity contribution in [2.24, 2.45) is 0 Å². The fraction of sp³-hybridized carbons (Fsp3) is 0.692. The summed E-state index contributed by atoms with van der Waals surface area (Å²) >= 11 is 6.02. The molecular weight excluding hydrogens is 266 g/mol. The molecule has 6 heteroatoms. The Kier molecular flexibility index (Phi) is 3.37. The molecule has 1 saturated carbocycles. The topological polar surface area (TPSA) is 56.3 Å². The van der Waals surface area contributed by atoms with Crippen molar-refractivity contribution in [3.8, 4) is 0 Å². The number of anilines is 1. The van der Waals surface area contributed by atoms with Crippen LogP contribution in [0, 0.1) is 0 Å². The quantitative estimate of drug-likeness (QED) is 0.861. The number of ether oxygens (including phenoxy) is 2. The van der Waals surface area contributed by atoms with Crippen LogP contribution in [0.1, 0.15) is 38.4 Å². The van der Waals surface area contributed by atoms with Crippen LogP contribution in [0.2, 0.25) is 5.15 Å². The normalized spacial score (nSPS) is 25.5. The number of hydrogen-bond acceptors (Lipinski definition) is 5. The second kappa shape index (κ2) is 4.89. The van der Waals surface area contributed by atoms with Crippen LogP contribution in [0.4, 0.5) is 5.82 Å². The molecule has 2 aliphatic rings. The Morgan fingerprint density at radius 3 is 2.84 bits per heavy atom. The molecule has 1 aliphatic carbocycles. The van der Waals surface area contributed by atoms with Gasteiger partial charge in [-0.15, -0.1) is 0 Å². The molecule has 3 rings (SSSR count). The van der Waals surface area contributed by atoms with E-state index in [1.54, 1.807) is 6.07 Å². The fourth-order valence-corrected chi connectivity index (χ4v) is 2.32. The number of nitrogens with one attached hydrogen (secondary N) is 1. The molecule has 0 aromatic carbocycles. The van der Waals surface area contributed by atoms with Crippen LogP contribution in [0.5, 0.6) is 0 Å². The van der Waals surface area contributed by atoms with Gasteiger partial charge < -0.3 is 14.8 Å². The summed E-state index contributed by atoms with van der Waals surface area (Å²) in [5.74, 6) is 1.60. The van der Waals surface area contributed by atoms with Gasteiger partial charge in [0.05, 0.1) is 6.61 Å². The van der Waals surface area contributed by atoms with Crippen LogP contribution >= 0.6 is 11.6 Å². The number of hydrogen-bond donors (Lipinski definition) is 1. The van der Waals surface area contributed by atoms with E-state index in [2.05, 4.69) is 15.3 Å². The van der Waals surface area contributed by atoms with E-state index in [-0.39, 0.29) is 6.10 Å². The van der Waals surface area contributed by atoms with Crippen molar-refractivity contribution >= 4 is 17.4 Å². The van der Waals surface area contributed by atoms with E-state index in [1.165, 1.54) is 0 Å². The molecule has 1 atom stereocenters. The molecule has 1 N–H and O–H groups in total. The van der Waals surface area contributed by atoms with Crippen molar-refractivity contribution in [1.29, 1.82) is 0 Å². The molecule has 5 nitrogen and oxygen atoms in total. The maximum Gasteiger partial charge on any atom is 0.163 e. The Morgan fingerprint density at radius 2 is 2.21 bits per heavy atom. The van der Waals surface area contributed by atoms with E-state index < -0.39 is 5.79 Å². The molecule has 1 unspecified atom stereocenters. The molecule has 104 valence electrons. The first-order chi connectivity index (χ1) is 9.02. The molecule has 0 bridgehead atoms. The third-order valence-corrected chi connectivity index (χ3v) is 3.43. The summed E-state index contributed by atoms with van der Waals surface area (Å²) in [6.45, 7) is 5.08. The maximum atomic E-state index is 6.02. The van der Waals surface area contributed by atoms with Crippen LogP contribution in [-0.2, 0) is 9.47 Å². The highest BCUT2D eigenvalue weighted by Crippen LogP contribution is 2.38. The lowest BCUT2D eigenvalue weighted by Crippen LogP contribution is -2.26. The molecule has 0 spiro atoms. The molecular formula is C13H18ClN3O2. The molecule has 19 heavy (non-hydrogen) atoms. The SMILES string of the molecule is CC1(C)OCC(CNc2cc(Cl)nc(C3CC3)n2)O1. The summed E-state index contributed by atoms with van der Waals surface area (Å²) in [6, 6.07) is 1.74. The highest BCUT2D eigenvalue weighted by Gasteiger charge is 2.32. The molecule has 2 heterocycles. The lowest BCUT2D eigenvalue weighted by Gasteiger charge is -2.17. The van der Waals surface area contributed by atoms with Crippen molar-refractivity contribution in [3.63, 3.8) is 0 Å². The van der Waals surface area contributed by atoms with E-state index in [4.69, 9.17) is 21.1 Å². The van der Waals surface area contributed by atoms with Crippen molar-refractivity contribution in [2.75, 3.05) is 18.5 Å². The summed E-state index contributed by atoms with van der Waals surface area (Å²) < 4.78 is 11.2. The zero-order valence-electron chi connectivity index (χ0n) is 11.1. The Balaban J connectivity index is 1.60. The minimum atomic E-state index is -0.491. The number of rotatable bonds is 4. The Hall–Kier alpha value is -0.910. The van der Waals surface area contributed by atoms with E-state index in [0.717, 1.165) is 24.5 Å². The molecule has 0 amide bonds. The molecule has 1 aromatic rings. The standard InChI is InChI=1S/C13H18ClN3O2/c1-13(2)18-7-9(19-13)6-15-11-5-10(14)16-12(17-11)8-3-4-8/h5,8-9H,3-4,6-7H2,1-2H3,(H,15,16,17). The van der Waals surface area contributed by atoms with Gasteiger partial charge in [0.1, 0.15) is 22.9 Å². The zero-order chi connectivity index (χ0) is 13.5. The van der Waals surface area contributed by atoms with E-state index in [9.17, 15) is 0 Å². The van der Waals surface area contributed by atoms with Crippen LogP contribution in [0.15, 0.2) is 6.07 Å². The van der Waals surface area contributed by atoms with Gasteiger partial charge in [-0.05, 0) is 26.7 Å². The molecule has 1 aromatic heterocycles. The summed E-state index contributed by atoms with van der Waals surface area (Å²) in [7, 11) is 0. The largest absolute Gasteiger partial charge is 0.367 e. The van der Waals surface area contributed by atoms with Crippen molar-refractivity contribution in [3.05, 3.63) is 17.0 Å². The highest BCUT2D eigenvalue weighted by molar-refractivity contribution is 6.29. The summed E-state index contributed by atoms with van der Waals surface area (Å²) in [5, 5.41) is 3.74. The fourth-order valence-electron chi connectivity index (χ4n) is 2.13. The third kappa shape index (κ3) is 3.35. The predicted octanol–water partition coefficient (Wildman–Crippen LogP) is 2.57. The Bertz CT molecular complexity index is 477. The van der Waals surface area contributed by atoms with Gasteiger partial charge in [0.15, 0.2) is 5.79 Å². The first-order valence-electron chi connectivity index (χ1n) is 6.62. The molecule has 1 saturated heterocycles. The van der Waals surface area contributed by atoms with Gasteiger partial charge in [-0.1, -0.05) is 11.6 Å². The molecule has 0 radical (unpaired) electrons. The minimum absolute atomic E-state index is 0.0353. The van der Waals surface area contributed by atoms with Crippen LogP contribution in [0.3, 0.4) is 0 Å². The van der Waals surface area contributed by atoms with Gasteiger partial charge in [-0.3, -0.25) is 0 Å². The average Bonchev–Trinajstić information content (AvgIpc) is 3.11. The van der Waals surface area contributed by atoms with Gasteiger partial charge in [-0.2, -0.15) is 0 Å². The first-order valence-corrected chi connectivity index (χ1v) is 7.00. The van der Waals surface area contributed by atoms with Crippen LogP contribution in [-0.4, -0.2) is 35.0 Å². The van der Waals surface area contributed by atoms with E-state index in [1.807, 2.05) is 13.8 Å². The van der Waals surface area contributed by atoms with Crippen LogP contribution < -0.4 is 5.32 Å². The second-order valence-electron chi connectivity index (χ2n) is 5.54. The van der Waals surface area contributed by atoms with E-state index in [0.29, 0.717) is 24.2 Å². The third-order valence-electron chi connectivity index (χ3n) is 3.23. The lowest BCUT2D eigenvalue weighted by atomic mass is 10.3. The number of aromatic nitrogens is 2. The van der Waals surface area contributed by atoms with Gasteiger partial charge in [0, 0.05) is 18.5 Å².